The Labute approximate surface area is 88.3 Å². The highest BCUT2D eigenvalue weighted by molar-refractivity contribution is 5.85. The van der Waals surface area contributed by atoms with Crippen LogP contribution in [0.15, 0.2) is 0 Å². The van der Waals surface area contributed by atoms with Gasteiger partial charge in [0.05, 0.1) is 0 Å². The van der Waals surface area contributed by atoms with Crippen molar-refractivity contribution in [2.24, 2.45) is 0 Å². The van der Waals surface area contributed by atoms with Gasteiger partial charge in [-0.3, -0.25) is 9.59 Å². The second kappa shape index (κ2) is 14.0. The summed E-state index contributed by atoms with van der Waals surface area (Å²) >= 11 is 0. The molecular weight excluding hydrogens is 223 g/mol. The highest BCUT2D eigenvalue weighted by atomic mass is 35.5. The molecule has 0 atom stereocenters. The van der Waals surface area contributed by atoms with E-state index in [1.807, 2.05) is 0 Å². The normalized spacial score (nSPS) is 7.08. The molecule has 0 aliphatic heterocycles. The van der Waals surface area contributed by atoms with Crippen molar-refractivity contribution in [3.8, 4) is 0 Å². The first-order valence-electron chi connectivity index (χ1n) is 3.06. The van der Waals surface area contributed by atoms with Crippen molar-refractivity contribution in [2.45, 2.75) is 25.7 Å². The molecule has 5 nitrogen and oxygen atoms in total. The molecule has 7 heteroatoms. The minimum absolute atomic E-state index is 0. The van der Waals surface area contributed by atoms with Crippen molar-refractivity contribution >= 4 is 36.8 Å². The summed E-state index contributed by atoms with van der Waals surface area (Å²) in [4.78, 5) is 19.8. The third-order valence-electron chi connectivity index (χ3n) is 1.03. The van der Waals surface area contributed by atoms with Crippen LogP contribution in [0.5, 0.6) is 0 Å². The Balaban J connectivity index is -0.000000135. The molecule has 0 aromatic heterocycles. The second-order valence-corrected chi connectivity index (χ2v) is 1.99. The summed E-state index contributed by atoms with van der Waals surface area (Å²) in [5.41, 5.74) is 0. The van der Waals surface area contributed by atoms with Crippen molar-refractivity contribution < 1.29 is 25.3 Å². The lowest BCUT2D eigenvalue weighted by Gasteiger charge is -1.92. The van der Waals surface area contributed by atoms with Gasteiger partial charge in [0, 0.05) is 12.8 Å². The fourth-order valence-electron chi connectivity index (χ4n) is 0.552. The quantitative estimate of drug-likeness (QED) is 0.687. The maximum absolute atomic E-state index is 9.90. The predicted octanol–water partition coefficient (Wildman–Crippen LogP) is 0.735. The van der Waals surface area contributed by atoms with Crippen LogP contribution in [-0.4, -0.2) is 27.6 Å². The Morgan fingerprint density at radius 1 is 0.846 bits per heavy atom. The summed E-state index contributed by atoms with van der Waals surface area (Å²) in [5, 5.41) is 16.3. The van der Waals surface area contributed by atoms with E-state index in [1.165, 1.54) is 0 Å². The molecular formula is C6H14Cl2O5. The highest BCUT2D eigenvalue weighted by Crippen LogP contribution is 1.98. The molecule has 0 aliphatic rings. The van der Waals surface area contributed by atoms with Crippen LogP contribution < -0.4 is 0 Å². The number of carboxylic acids is 2. The molecule has 0 bridgehead atoms. The first-order valence-corrected chi connectivity index (χ1v) is 3.06. The smallest absolute Gasteiger partial charge is 0.303 e. The van der Waals surface area contributed by atoms with Crippen LogP contribution >= 0.6 is 24.8 Å². The monoisotopic (exact) mass is 236 g/mol. The van der Waals surface area contributed by atoms with Crippen molar-refractivity contribution in [3.63, 3.8) is 0 Å². The van der Waals surface area contributed by atoms with Gasteiger partial charge >= 0.3 is 11.9 Å². The molecule has 82 valence electrons. The summed E-state index contributed by atoms with van der Waals surface area (Å²) in [6.07, 6.45) is 1.02. The van der Waals surface area contributed by atoms with Gasteiger partial charge in [-0.1, -0.05) is 0 Å². The van der Waals surface area contributed by atoms with E-state index in [2.05, 4.69) is 0 Å². The Morgan fingerprint density at radius 3 is 1.23 bits per heavy atom. The third-order valence-corrected chi connectivity index (χ3v) is 1.03. The number of aliphatic carboxylic acids is 2. The number of hydrogen-bond acceptors (Lipinski definition) is 2. The maximum Gasteiger partial charge on any atom is 0.303 e. The van der Waals surface area contributed by atoms with Crippen LogP contribution in [0, 0.1) is 0 Å². The van der Waals surface area contributed by atoms with Crippen LogP contribution in [0.2, 0.25) is 0 Å². The van der Waals surface area contributed by atoms with Crippen LogP contribution in [0.25, 0.3) is 0 Å². The summed E-state index contributed by atoms with van der Waals surface area (Å²) in [5.74, 6) is -1.74. The van der Waals surface area contributed by atoms with Crippen molar-refractivity contribution in [1.29, 1.82) is 0 Å². The topological polar surface area (TPSA) is 106 Å². The van der Waals surface area contributed by atoms with Crippen molar-refractivity contribution in [1.82, 2.24) is 0 Å². The minimum Gasteiger partial charge on any atom is -0.481 e. The lowest BCUT2D eigenvalue weighted by atomic mass is 10.2. The maximum atomic E-state index is 9.90. The van der Waals surface area contributed by atoms with Gasteiger partial charge < -0.3 is 15.7 Å². The Kier molecular flexibility index (Phi) is 24.7. The average molecular weight is 237 g/mol. The van der Waals surface area contributed by atoms with Crippen LogP contribution in [0.4, 0.5) is 0 Å². The summed E-state index contributed by atoms with van der Waals surface area (Å²) in [6, 6.07) is 0. The predicted molar refractivity (Wildman–Crippen MR) is 51.8 cm³/mol. The van der Waals surface area contributed by atoms with Crippen molar-refractivity contribution in [3.05, 3.63) is 0 Å². The molecule has 0 radical (unpaired) electrons. The van der Waals surface area contributed by atoms with E-state index in [1.54, 1.807) is 0 Å². The standard InChI is InChI=1S/C6H10O4.2ClH.H2O/c7-5(8)3-1-2-4-6(9)10;;;/h1-4H2,(H,7,8)(H,9,10);2*1H;1H2. The van der Waals surface area contributed by atoms with Crippen LogP contribution in [0.1, 0.15) is 25.7 Å². The zero-order valence-electron chi connectivity index (χ0n) is 6.86. The highest BCUT2D eigenvalue weighted by Gasteiger charge is 1.99. The Morgan fingerprint density at radius 2 is 1.08 bits per heavy atom. The van der Waals surface area contributed by atoms with E-state index in [0.29, 0.717) is 12.8 Å². The molecule has 0 amide bonds. The third kappa shape index (κ3) is 24.6. The van der Waals surface area contributed by atoms with E-state index in [9.17, 15) is 9.59 Å². The molecule has 13 heavy (non-hydrogen) atoms. The van der Waals surface area contributed by atoms with Gasteiger partial charge in [0.25, 0.3) is 0 Å². The van der Waals surface area contributed by atoms with Gasteiger partial charge in [-0.15, -0.1) is 24.8 Å². The van der Waals surface area contributed by atoms with Crippen LogP contribution in [0.3, 0.4) is 0 Å². The summed E-state index contributed by atoms with van der Waals surface area (Å²) in [6.45, 7) is 0. The minimum atomic E-state index is -0.870. The van der Waals surface area contributed by atoms with Gasteiger partial charge in [0.2, 0.25) is 0 Å². The lowest BCUT2D eigenvalue weighted by molar-refractivity contribution is -0.139. The van der Waals surface area contributed by atoms with Crippen LogP contribution in [-0.2, 0) is 9.59 Å². The number of hydrogen-bond donors (Lipinski definition) is 2. The Bertz CT molecular complexity index is 123. The second-order valence-electron chi connectivity index (χ2n) is 1.99. The number of carbonyl (C=O) groups is 2. The molecule has 0 aromatic carbocycles. The number of halogens is 2. The lowest BCUT2D eigenvalue weighted by Crippen LogP contribution is -1.97. The molecule has 0 spiro atoms. The van der Waals surface area contributed by atoms with E-state index in [-0.39, 0.29) is 43.1 Å². The SMILES string of the molecule is Cl.Cl.O.O=C(O)CCCCC(=O)O. The van der Waals surface area contributed by atoms with E-state index in [4.69, 9.17) is 10.2 Å². The van der Waals surface area contributed by atoms with E-state index in [0.717, 1.165) is 0 Å². The van der Waals surface area contributed by atoms with E-state index < -0.39 is 11.9 Å². The molecule has 0 saturated carbocycles. The zero-order chi connectivity index (χ0) is 7.98. The van der Waals surface area contributed by atoms with Gasteiger partial charge in [-0.2, -0.15) is 0 Å². The average Bonchev–Trinajstić information content (AvgIpc) is 1.79. The molecule has 0 saturated heterocycles. The van der Waals surface area contributed by atoms with Gasteiger partial charge in [-0.05, 0) is 12.8 Å². The van der Waals surface area contributed by atoms with Gasteiger partial charge in [-0.25, -0.2) is 0 Å². The van der Waals surface area contributed by atoms with Gasteiger partial charge in [0.1, 0.15) is 0 Å². The Hall–Kier alpha value is -0.520. The molecule has 0 aromatic rings. The fourth-order valence-corrected chi connectivity index (χ4v) is 0.552. The molecule has 0 aliphatic carbocycles. The first kappa shape index (κ1) is 22.9. The molecule has 0 rings (SSSR count). The zero-order valence-corrected chi connectivity index (χ0v) is 8.49. The first-order chi connectivity index (χ1) is 4.63. The number of carboxylic acid groups (broad SMARTS) is 2. The van der Waals surface area contributed by atoms with Crippen molar-refractivity contribution in [2.75, 3.05) is 0 Å². The molecule has 0 fully saturated rings. The molecule has 0 unspecified atom stereocenters. The summed E-state index contributed by atoms with van der Waals surface area (Å²) < 4.78 is 0. The molecule has 0 heterocycles. The largest absolute Gasteiger partial charge is 0.481 e. The fraction of sp³-hybridized carbons (Fsp3) is 0.667. The number of unbranched alkanes of at least 4 members (excludes halogenated alkanes) is 1. The van der Waals surface area contributed by atoms with Gasteiger partial charge in [0.15, 0.2) is 0 Å². The van der Waals surface area contributed by atoms with E-state index >= 15 is 0 Å². The molecule has 4 N–H and O–H groups in total. The number of rotatable bonds is 5. The summed E-state index contributed by atoms with van der Waals surface area (Å²) in [7, 11) is 0.